The summed E-state index contributed by atoms with van der Waals surface area (Å²) in [6.45, 7) is -0.191. The molecular formula is C16H13N3O3. The minimum Gasteiger partial charge on any atom is -0.392 e. The molecule has 0 atom stereocenters. The first-order valence-electron chi connectivity index (χ1n) is 6.65. The van der Waals surface area contributed by atoms with Crippen molar-refractivity contribution < 1.29 is 14.4 Å². The van der Waals surface area contributed by atoms with E-state index in [0.29, 0.717) is 16.9 Å². The van der Waals surface area contributed by atoms with E-state index in [0.717, 1.165) is 5.56 Å². The Labute approximate surface area is 126 Å². The molecule has 110 valence electrons. The molecule has 0 saturated heterocycles. The maximum absolute atomic E-state index is 12.2. The molecule has 2 aromatic heterocycles. The van der Waals surface area contributed by atoms with Crippen molar-refractivity contribution in [3.8, 4) is 11.3 Å². The fourth-order valence-corrected chi connectivity index (χ4v) is 1.98. The molecule has 3 rings (SSSR count). The molecule has 6 nitrogen and oxygen atoms in total. The van der Waals surface area contributed by atoms with Crippen LogP contribution in [0.5, 0.6) is 0 Å². The fourth-order valence-electron chi connectivity index (χ4n) is 1.98. The topological polar surface area (TPSA) is 88.2 Å². The van der Waals surface area contributed by atoms with Gasteiger partial charge in [0, 0.05) is 23.4 Å². The van der Waals surface area contributed by atoms with E-state index in [1.54, 1.807) is 18.3 Å². The summed E-state index contributed by atoms with van der Waals surface area (Å²) in [5, 5.41) is 15.8. The Kier molecular flexibility index (Phi) is 3.93. The number of carbonyl (C=O) groups excluding carboxylic acids is 1. The van der Waals surface area contributed by atoms with Gasteiger partial charge in [-0.3, -0.25) is 9.78 Å². The van der Waals surface area contributed by atoms with Crippen LogP contribution >= 0.6 is 0 Å². The zero-order valence-electron chi connectivity index (χ0n) is 11.6. The molecule has 0 aliphatic carbocycles. The molecule has 0 saturated carbocycles. The number of aliphatic hydroxyl groups excluding tert-OH is 1. The van der Waals surface area contributed by atoms with Gasteiger partial charge in [-0.25, -0.2) is 0 Å². The van der Waals surface area contributed by atoms with Gasteiger partial charge >= 0.3 is 0 Å². The summed E-state index contributed by atoms with van der Waals surface area (Å²) in [5.41, 5.74) is 2.46. The summed E-state index contributed by atoms with van der Waals surface area (Å²) in [4.78, 5) is 16.1. The summed E-state index contributed by atoms with van der Waals surface area (Å²) >= 11 is 0. The molecule has 0 radical (unpaired) electrons. The summed E-state index contributed by atoms with van der Waals surface area (Å²) in [6.07, 6.45) is 3.01. The van der Waals surface area contributed by atoms with Crippen LogP contribution in [0.4, 0.5) is 5.69 Å². The Morgan fingerprint density at radius 1 is 1.23 bits per heavy atom. The third-order valence-electron chi connectivity index (χ3n) is 3.13. The van der Waals surface area contributed by atoms with E-state index in [2.05, 4.69) is 15.5 Å². The summed E-state index contributed by atoms with van der Waals surface area (Å²) in [6, 6.07) is 12.6. The van der Waals surface area contributed by atoms with Gasteiger partial charge in [0.05, 0.1) is 18.5 Å². The molecule has 1 aromatic carbocycles. The van der Waals surface area contributed by atoms with E-state index in [1.807, 2.05) is 30.3 Å². The van der Waals surface area contributed by atoms with Crippen LogP contribution in [0.15, 0.2) is 59.4 Å². The Morgan fingerprint density at radius 2 is 2.05 bits per heavy atom. The van der Waals surface area contributed by atoms with E-state index in [4.69, 9.17) is 4.52 Å². The Bertz CT molecular complexity index is 784. The quantitative estimate of drug-likeness (QED) is 0.772. The van der Waals surface area contributed by atoms with Crippen LogP contribution in [0.2, 0.25) is 0 Å². The van der Waals surface area contributed by atoms with Crippen molar-refractivity contribution in [2.75, 3.05) is 5.32 Å². The smallest absolute Gasteiger partial charge is 0.294 e. The highest BCUT2D eigenvalue weighted by molar-refractivity contribution is 6.03. The fraction of sp³-hybridized carbons (Fsp3) is 0.0625. The largest absolute Gasteiger partial charge is 0.392 e. The SMILES string of the molecule is O=C(Nc1cnccc1CO)c1cc(-c2ccccc2)no1. The number of hydrogen-bond donors (Lipinski definition) is 2. The van der Waals surface area contributed by atoms with Crippen LogP contribution in [0.3, 0.4) is 0 Å². The maximum atomic E-state index is 12.2. The van der Waals surface area contributed by atoms with Crippen LogP contribution in [-0.2, 0) is 6.61 Å². The minimum absolute atomic E-state index is 0.0894. The zero-order valence-corrected chi connectivity index (χ0v) is 11.6. The van der Waals surface area contributed by atoms with Crippen molar-refractivity contribution in [2.45, 2.75) is 6.61 Å². The third-order valence-corrected chi connectivity index (χ3v) is 3.13. The second-order valence-corrected chi connectivity index (χ2v) is 4.59. The highest BCUT2D eigenvalue weighted by Crippen LogP contribution is 2.20. The average Bonchev–Trinajstić information content (AvgIpc) is 3.06. The molecule has 3 aromatic rings. The van der Waals surface area contributed by atoms with Crippen molar-refractivity contribution in [2.24, 2.45) is 0 Å². The van der Waals surface area contributed by atoms with E-state index in [9.17, 15) is 9.90 Å². The number of amides is 1. The van der Waals surface area contributed by atoms with Crippen molar-refractivity contribution in [1.82, 2.24) is 10.1 Å². The number of rotatable bonds is 4. The second-order valence-electron chi connectivity index (χ2n) is 4.59. The number of hydrogen-bond acceptors (Lipinski definition) is 5. The van der Waals surface area contributed by atoms with E-state index in [1.165, 1.54) is 6.20 Å². The van der Waals surface area contributed by atoms with Crippen LogP contribution in [-0.4, -0.2) is 21.2 Å². The molecule has 0 bridgehead atoms. The van der Waals surface area contributed by atoms with Crippen molar-refractivity contribution >= 4 is 11.6 Å². The number of nitrogens with one attached hydrogen (secondary N) is 1. The van der Waals surface area contributed by atoms with Gasteiger partial charge in [-0.15, -0.1) is 0 Å². The van der Waals surface area contributed by atoms with Gasteiger partial charge in [0.15, 0.2) is 0 Å². The molecule has 0 aliphatic heterocycles. The molecule has 0 aliphatic rings. The van der Waals surface area contributed by atoms with Gasteiger partial charge < -0.3 is 14.9 Å². The highest BCUT2D eigenvalue weighted by atomic mass is 16.5. The molecule has 0 spiro atoms. The van der Waals surface area contributed by atoms with Crippen LogP contribution < -0.4 is 5.32 Å². The Hall–Kier alpha value is -2.99. The number of aromatic nitrogens is 2. The first kappa shape index (κ1) is 14.0. The number of carbonyl (C=O) groups is 1. The molecule has 0 fully saturated rings. The van der Waals surface area contributed by atoms with Gasteiger partial charge in [0.2, 0.25) is 5.76 Å². The summed E-state index contributed by atoms with van der Waals surface area (Å²) in [7, 11) is 0. The zero-order chi connectivity index (χ0) is 15.4. The first-order valence-corrected chi connectivity index (χ1v) is 6.65. The summed E-state index contributed by atoms with van der Waals surface area (Å²) < 4.78 is 5.08. The standard InChI is InChI=1S/C16H13N3O3/c20-10-12-6-7-17-9-14(12)18-16(21)15-8-13(19-22-15)11-4-2-1-3-5-11/h1-9,20H,10H2,(H,18,21). The molecule has 6 heteroatoms. The predicted octanol–water partition coefficient (Wildman–Crippen LogP) is 2.48. The lowest BCUT2D eigenvalue weighted by Crippen LogP contribution is -2.12. The van der Waals surface area contributed by atoms with E-state index >= 15 is 0 Å². The van der Waals surface area contributed by atoms with Gasteiger partial charge in [-0.2, -0.15) is 0 Å². The molecular weight excluding hydrogens is 282 g/mol. The number of pyridine rings is 1. The normalized spacial score (nSPS) is 10.4. The van der Waals surface area contributed by atoms with Crippen molar-refractivity contribution in [3.05, 3.63) is 66.2 Å². The molecule has 22 heavy (non-hydrogen) atoms. The monoisotopic (exact) mass is 295 g/mol. The number of benzene rings is 1. The van der Waals surface area contributed by atoms with Gasteiger partial charge in [0.1, 0.15) is 5.69 Å². The average molecular weight is 295 g/mol. The van der Waals surface area contributed by atoms with Crippen LogP contribution in [0, 0.1) is 0 Å². The molecule has 2 N–H and O–H groups in total. The maximum Gasteiger partial charge on any atom is 0.294 e. The predicted molar refractivity (Wildman–Crippen MR) is 80.1 cm³/mol. The van der Waals surface area contributed by atoms with Crippen molar-refractivity contribution in [1.29, 1.82) is 0 Å². The van der Waals surface area contributed by atoms with E-state index < -0.39 is 5.91 Å². The van der Waals surface area contributed by atoms with Gasteiger partial charge in [-0.1, -0.05) is 35.5 Å². The van der Waals surface area contributed by atoms with Crippen LogP contribution in [0.25, 0.3) is 11.3 Å². The Morgan fingerprint density at radius 3 is 2.82 bits per heavy atom. The number of aliphatic hydroxyl groups is 1. The molecule has 1 amide bonds. The molecule has 2 heterocycles. The number of anilines is 1. The lowest BCUT2D eigenvalue weighted by molar-refractivity contribution is 0.0987. The van der Waals surface area contributed by atoms with Crippen LogP contribution in [0.1, 0.15) is 16.1 Å². The molecule has 0 unspecified atom stereocenters. The van der Waals surface area contributed by atoms with Crippen molar-refractivity contribution in [3.63, 3.8) is 0 Å². The highest BCUT2D eigenvalue weighted by Gasteiger charge is 2.15. The Balaban J connectivity index is 1.80. The minimum atomic E-state index is -0.447. The lowest BCUT2D eigenvalue weighted by atomic mass is 10.1. The van der Waals surface area contributed by atoms with E-state index in [-0.39, 0.29) is 12.4 Å². The third kappa shape index (κ3) is 2.87. The first-order chi connectivity index (χ1) is 10.8. The van der Waals surface area contributed by atoms with Gasteiger partial charge in [0.25, 0.3) is 5.91 Å². The second kappa shape index (κ2) is 6.19. The lowest BCUT2D eigenvalue weighted by Gasteiger charge is -2.06. The number of nitrogens with zero attached hydrogens (tertiary/aromatic N) is 2. The van der Waals surface area contributed by atoms with Gasteiger partial charge in [-0.05, 0) is 6.07 Å². The summed E-state index contributed by atoms with van der Waals surface area (Å²) in [5.74, 6) is -0.357.